The van der Waals surface area contributed by atoms with E-state index in [1.807, 2.05) is 6.26 Å². The van der Waals surface area contributed by atoms with Gasteiger partial charge in [-0.25, -0.2) is 0 Å². The SMILES string of the molecule is CSCCC(N)C(=O)NC(C(=O)NC(CCC(=O)O)C(=O)NC(C)C(=O)O)C(C)C. The molecule has 30 heavy (non-hydrogen) atoms. The molecule has 0 bridgehead atoms. The molecule has 172 valence electrons. The lowest BCUT2D eigenvalue weighted by Crippen LogP contribution is -2.58. The monoisotopic (exact) mass is 448 g/mol. The van der Waals surface area contributed by atoms with Gasteiger partial charge in [0.25, 0.3) is 0 Å². The van der Waals surface area contributed by atoms with Crippen LogP contribution in [0.5, 0.6) is 0 Å². The Morgan fingerprint density at radius 3 is 1.97 bits per heavy atom. The normalized spacial score (nSPS) is 14.9. The Morgan fingerprint density at radius 2 is 1.50 bits per heavy atom. The van der Waals surface area contributed by atoms with Crippen LogP contribution in [0.15, 0.2) is 0 Å². The Morgan fingerprint density at radius 1 is 0.900 bits per heavy atom. The molecule has 0 heterocycles. The maximum absolute atomic E-state index is 12.7. The van der Waals surface area contributed by atoms with Crippen molar-refractivity contribution in [3.63, 3.8) is 0 Å². The average molecular weight is 449 g/mol. The molecule has 0 fully saturated rings. The highest BCUT2D eigenvalue weighted by atomic mass is 32.2. The molecule has 4 atom stereocenters. The Kier molecular flexibility index (Phi) is 12.7. The quantitative estimate of drug-likeness (QED) is 0.197. The van der Waals surface area contributed by atoms with Crippen LogP contribution in [0, 0.1) is 5.92 Å². The van der Waals surface area contributed by atoms with Crippen LogP contribution in [0.1, 0.15) is 40.0 Å². The van der Waals surface area contributed by atoms with Gasteiger partial charge in [0.05, 0.1) is 6.04 Å². The summed E-state index contributed by atoms with van der Waals surface area (Å²) in [4.78, 5) is 59.2. The smallest absolute Gasteiger partial charge is 0.325 e. The van der Waals surface area contributed by atoms with Crippen molar-refractivity contribution in [3.8, 4) is 0 Å². The molecule has 0 aromatic rings. The van der Waals surface area contributed by atoms with Gasteiger partial charge in [0.15, 0.2) is 0 Å². The molecular formula is C18H32N4O7S. The van der Waals surface area contributed by atoms with Gasteiger partial charge in [0.2, 0.25) is 17.7 Å². The van der Waals surface area contributed by atoms with E-state index in [9.17, 15) is 24.0 Å². The number of carbonyl (C=O) groups is 5. The molecule has 0 saturated heterocycles. The fourth-order valence-electron chi connectivity index (χ4n) is 2.35. The number of aliphatic carboxylic acids is 2. The predicted octanol–water partition coefficient (Wildman–Crippen LogP) is -0.853. The van der Waals surface area contributed by atoms with Gasteiger partial charge in [-0.3, -0.25) is 24.0 Å². The zero-order valence-corrected chi connectivity index (χ0v) is 18.5. The van der Waals surface area contributed by atoms with Gasteiger partial charge in [-0.15, -0.1) is 0 Å². The third-order valence-corrected chi connectivity index (χ3v) is 4.87. The maximum Gasteiger partial charge on any atom is 0.325 e. The van der Waals surface area contributed by atoms with Crippen molar-refractivity contribution in [2.75, 3.05) is 12.0 Å². The molecule has 0 aromatic carbocycles. The molecule has 12 heteroatoms. The first kappa shape index (κ1) is 27.7. The molecule has 0 rings (SSSR count). The van der Waals surface area contributed by atoms with Crippen LogP contribution in [0.4, 0.5) is 0 Å². The lowest BCUT2D eigenvalue weighted by atomic mass is 10.0. The van der Waals surface area contributed by atoms with Crippen LogP contribution in [0.25, 0.3) is 0 Å². The number of hydrogen-bond acceptors (Lipinski definition) is 7. The number of hydrogen-bond donors (Lipinski definition) is 6. The van der Waals surface area contributed by atoms with Crippen molar-refractivity contribution in [3.05, 3.63) is 0 Å². The first-order valence-electron chi connectivity index (χ1n) is 9.50. The summed E-state index contributed by atoms with van der Waals surface area (Å²) in [5.41, 5.74) is 5.82. The Balaban J connectivity index is 5.27. The zero-order chi connectivity index (χ0) is 23.4. The van der Waals surface area contributed by atoms with Crippen molar-refractivity contribution >= 4 is 41.4 Å². The molecule has 4 unspecified atom stereocenters. The molecule has 0 radical (unpaired) electrons. The Labute approximate surface area is 179 Å². The summed E-state index contributed by atoms with van der Waals surface area (Å²) in [6, 6.07) is -4.31. The molecule has 0 saturated carbocycles. The van der Waals surface area contributed by atoms with Crippen LogP contribution < -0.4 is 21.7 Å². The molecule has 0 spiro atoms. The van der Waals surface area contributed by atoms with Crippen molar-refractivity contribution in [1.82, 2.24) is 16.0 Å². The summed E-state index contributed by atoms with van der Waals surface area (Å²) in [6.45, 7) is 4.62. The van der Waals surface area contributed by atoms with Gasteiger partial charge in [0.1, 0.15) is 18.1 Å². The molecule has 3 amide bonds. The van der Waals surface area contributed by atoms with Gasteiger partial charge < -0.3 is 31.9 Å². The van der Waals surface area contributed by atoms with E-state index >= 15 is 0 Å². The minimum absolute atomic E-state index is 0.245. The number of carboxylic acid groups (broad SMARTS) is 2. The predicted molar refractivity (Wildman–Crippen MR) is 112 cm³/mol. The number of nitrogens with one attached hydrogen (secondary N) is 3. The topological polar surface area (TPSA) is 188 Å². The molecule has 0 aliphatic carbocycles. The van der Waals surface area contributed by atoms with E-state index < -0.39 is 60.2 Å². The van der Waals surface area contributed by atoms with E-state index in [0.29, 0.717) is 12.2 Å². The van der Waals surface area contributed by atoms with E-state index in [0.717, 1.165) is 0 Å². The van der Waals surface area contributed by atoms with Gasteiger partial charge >= 0.3 is 11.9 Å². The number of rotatable bonds is 14. The number of nitrogens with two attached hydrogens (primary N) is 1. The summed E-state index contributed by atoms with van der Waals surface area (Å²) in [6.07, 6.45) is 1.64. The summed E-state index contributed by atoms with van der Waals surface area (Å²) in [5, 5.41) is 25.0. The fourth-order valence-corrected chi connectivity index (χ4v) is 2.83. The van der Waals surface area contributed by atoms with Crippen LogP contribution in [-0.2, 0) is 24.0 Å². The third-order valence-electron chi connectivity index (χ3n) is 4.23. The largest absolute Gasteiger partial charge is 0.481 e. The van der Waals surface area contributed by atoms with Crippen molar-refractivity contribution < 1.29 is 34.2 Å². The average Bonchev–Trinajstić information content (AvgIpc) is 2.65. The zero-order valence-electron chi connectivity index (χ0n) is 17.6. The summed E-state index contributed by atoms with van der Waals surface area (Å²) in [7, 11) is 0. The number of amides is 3. The van der Waals surface area contributed by atoms with Crippen molar-refractivity contribution in [1.29, 1.82) is 0 Å². The summed E-state index contributed by atoms with van der Waals surface area (Å²) < 4.78 is 0. The number of carbonyl (C=O) groups excluding carboxylic acids is 3. The molecule has 0 aromatic heterocycles. The van der Waals surface area contributed by atoms with E-state index in [1.54, 1.807) is 13.8 Å². The van der Waals surface area contributed by atoms with E-state index in [4.69, 9.17) is 15.9 Å². The van der Waals surface area contributed by atoms with Crippen LogP contribution in [-0.4, -0.2) is 76.0 Å². The summed E-state index contributed by atoms with van der Waals surface area (Å²) >= 11 is 1.53. The van der Waals surface area contributed by atoms with Gasteiger partial charge in [-0.1, -0.05) is 13.8 Å². The van der Waals surface area contributed by atoms with Crippen LogP contribution in [0.2, 0.25) is 0 Å². The van der Waals surface area contributed by atoms with Crippen molar-refractivity contribution in [2.45, 2.75) is 64.2 Å². The van der Waals surface area contributed by atoms with Gasteiger partial charge in [0, 0.05) is 6.42 Å². The van der Waals surface area contributed by atoms with Gasteiger partial charge in [-0.2, -0.15) is 11.8 Å². The summed E-state index contributed by atoms with van der Waals surface area (Å²) in [5.74, 6) is -4.16. The Hall–Kier alpha value is -2.34. The Bertz CT molecular complexity index is 630. The highest BCUT2D eigenvalue weighted by Crippen LogP contribution is 2.07. The first-order chi connectivity index (χ1) is 13.9. The van der Waals surface area contributed by atoms with E-state index in [-0.39, 0.29) is 12.3 Å². The lowest BCUT2D eigenvalue weighted by Gasteiger charge is -2.26. The number of thioether (sulfide) groups is 1. The molecule has 0 aliphatic heterocycles. The second-order valence-electron chi connectivity index (χ2n) is 7.18. The molecular weight excluding hydrogens is 416 g/mol. The van der Waals surface area contributed by atoms with Crippen LogP contribution in [0.3, 0.4) is 0 Å². The lowest BCUT2D eigenvalue weighted by molar-refractivity contribution is -0.142. The third kappa shape index (κ3) is 10.4. The second-order valence-corrected chi connectivity index (χ2v) is 8.17. The number of carboxylic acids is 2. The highest BCUT2D eigenvalue weighted by molar-refractivity contribution is 7.98. The van der Waals surface area contributed by atoms with Crippen molar-refractivity contribution in [2.24, 2.45) is 11.7 Å². The second kappa shape index (κ2) is 13.8. The van der Waals surface area contributed by atoms with Gasteiger partial charge in [-0.05, 0) is 37.7 Å². The van der Waals surface area contributed by atoms with E-state index in [1.165, 1.54) is 18.7 Å². The highest BCUT2D eigenvalue weighted by Gasteiger charge is 2.31. The maximum atomic E-state index is 12.7. The first-order valence-corrected chi connectivity index (χ1v) is 10.9. The molecule has 0 aliphatic rings. The minimum atomic E-state index is -1.28. The molecule has 11 nitrogen and oxygen atoms in total. The minimum Gasteiger partial charge on any atom is -0.481 e. The molecule has 7 N–H and O–H groups in total. The van der Waals surface area contributed by atoms with E-state index in [2.05, 4.69) is 16.0 Å². The van der Waals surface area contributed by atoms with Crippen LogP contribution >= 0.6 is 11.8 Å². The standard InChI is InChI=1S/C18H32N4O7S/c1-9(2)14(22-15(25)11(19)7-8-30-4)17(27)21-12(5-6-13(23)24)16(26)20-10(3)18(28)29/h9-12,14H,5-8,19H2,1-4H3,(H,20,26)(H,21,27)(H,22,25)(H,23,24)(H,28,29). The fraction of sp³-hybridized carbons (Fsp3) is 0.722.